The fourth-order valence-corrected chi connectivity index (χ4v) is 5.22. The zero-order valence-electron chi connectivity index (χ0n) is 21.6. The van der Waals surface area contributed by atoms with E-state index in [1.807, 2.05) is 0 Å². The molecule has 0 radical (unpaired) electrons. The third-order valence-corrected chi connectivity index (χ3v) is 7.37. The van der Waals surface area contributed by atoms with Crippen molar-refractivity contribution in [3.05, 3.63) is 94.6 Å². The van der Waals surface area contributed by atoms with Gasteiger partial charge in [-0.15, -0.1) is 0 Å². The van der Waals surface area contributed by atoms with Gasteiger partial charge in [-0.1, -0.05) is 74.4 Å². The van der Waals surface area contributed by atoms with E-state index in [9.17, 15) is 8.78 Å². The molecule has 2 unspecified atom stereocenters. The van der Waals surface area contributed by atoms with E-state index in [1.165, 1.54) is 33.4 Å². The zero-order valence-corrected chi connectivity index (χ0v) is 21.6. The maximum absolute atomic E-state index is 12.9. The second-order valence-electron chi connectivity index (χ2n) is 9.96. The maximum Gasteiger partial charge on any atom is 0.155 e. The van der Waals surface area contributed by atoms with Crippen LogP contribution in [0.4, 0.5) is 8.78 Å². The van der Waals surface area contributed by atoms with Crippen molar-refractivity contribution in [1.29, 1.82) is 0 Å². The van der Waals surface area contributed by atoms with E-state index in [0.717, 1.165) is 37.1 Å². The molecule has 0 amide bonds. The smallest absolute Gasteiger partial charge is 0.155 e. The summed E-state index contributed by atoms with van der Waals surface area (Å²) in [4.78, 5) is 9.56. The first-order valence-corrected chi connectivity index (χ1v) is 13.1. The molecule has 0 spiro atoms. The Balaban J connectivity index is 1.78. The number of rotatable bonds is 10. The van der Waals surface area contributed by atoms with Gasteiger partial charge in [0, 0.05) is 30.1 Å². The number of hydrogen-bond acceptors (Lipinski definition) is 3. The first kappa shape index (κ1) is 26.2. The Morgan fingerprint density at radius 3 is 2.42 bits per heavy atom. The standard InChI is InChI=1S/C31H37F2N3/c1-4-5-11-26-27-13-12-21(2)14-29(27)22(3)28(24-9-7-6-8-10-24)15-30(26)31-35-19-23(20-36-31)18-34-25(16-32)17-33/h6-10,12-14,19-20,22,25,28,34H,4-5,11,15-18H2,1-3H3. The predicted octanol–water partition coefficient (Wildman–Crippen LogP) is 7.57. The molecular formula is C31H37F2N3. The monoisotopic (exact) mass is 489 g/mol. The molecule has 0 aliphatic heterocycles. The highest BCUT2D eigenvalue weighted by Crippen LogP contribution is 2.48. The number of benzene rings is 2. The Labute approximate surface area is 214 Å². The summed E-state index contributed by atoms with van der Waals surface area (Å²) in [6.07, 6.45) is 7.64. The highest BCUT2D eigenvalue weighted by molar-refractivity contribution is 5.91. The molecule has 4 rings (SSSR count). The lowest BCUT2D eigenvalue weighted by atomic mass is 9.79. The van der Waals surface area contributed by atoms with Gasteiger partial charge < -0.3 is 5.32 Å². The molecule has 0 bridgehead atoms. The summed E-state index contributed by atoms with van der Waals surface area (Å²) in [6.45, 7) is 5.60. The van der Waals surface area contributed by atoms with E-state index >= 15 is 0 Å². The second kappa shape index (κ2) is 12.4. The molecule has 3 aromatic rings. The molecule has 5 heteroatoms. The average molecular weight is 490 g/mol. The molecular weight excluding hydrogens is 452 g/mol. The van der Waals surface area contributed by atoms with Crippen molar-refractivity contribution in [3.63, 3.8) is 0 Å². The Bertz CT molecular complexity index is 1150. The van der Waals surface area contributed by atoms with Gasteiger partial charge in [-0.3, -0.25) is 0 Å². The third-order valence-electron chi connectivity index (χ3n) is 7.37. The Hall–Kier alpha value is -2.92. The molecule has 0 saturated carbocycles. The van der Waals surface area contributed by atoms with Crippen molar-refractivity contribution >= 4 is 11.1 Å². The van der Waals surface area contributed by atoms with Gasteiger partial charge >= 0.3 is 0 Å². The van der Waals surface area contributed by atoms with E-state index in [1.54, 1.807) is 12.4 Å². The van der Waals surface area contributed by atoms with Crippen molar-refractivity contribution in [2.45, 2.75) is 70.9 Å². The van der Waals surface area contributed by atoms with Crippen molar-refractivity contribution in [3.8, 4) is 0 Å². The maximum atomic E-state index is 12.9. The summed E-state index contributed by atoms with van der Waals surface area (Å²) >= 11 is 0. The number of nitrogens with zero attached hydrogens (tertiary/aromatic N) is 2. The molecule has 2 atom stereocenters. The molecule has 190 valence electrons. The van der Waals surface area contributed by atoms with Gasteiger partial charge in [0.05, 0.1) is 6.04 Å². The normalized spacial score (nSPS) is 17.8. The summed E-state index contributed by atoms with van der Waals surface area (Å²) in [5.41, 5.74) is 8.69. The second-order valence-corrected chi connectivity index (χ2v) is 9.96. The van der Waals surface area contributed by atoms with Crippen LogP contribution < -0.4 is 5.32 Å². The van der Waals surface area contributed by atoms with Gasteiger partial charge in [0.1, 0.15) is 13.3 Å². The van der Waals surface area contributed by atoms with Crippen LogP contribution in [0.3, 0.4) is 0 Å². The van der Waals surface area contributed by atoms with Gasteiger partial charge in [0.25, 0.3) is 0 Å². The lowest BCUT2D eigenvalue weighted by Crippen LogP contribution is -2.32. The fraction of sp³-hybridized carbons (Fsp3) is 0.419. The van der Waals surface area contributed by atoms with Crippen LogP contribution in [-0.2, 0) is 6.54 Å². The largest absolute Gasteiger partial charge is 0.305 e. The Kier molecular flexibility index (Phi) is 8.98. The summed E-state index contributed by atoms with van der Waals surface area (Å²) in [7, 11) is 0. The van der Waals surface area contributed by atoms with Crippen molar-refractivity contribution in [2.24, 2.45) is 0 Å². The fourth-order valence-electron chi connectivity index (χ4n) is 5.22. The van der Waals surface area contributed by atoms with Crippen LogP contribution in [0.25, 0.3) is 11.1 Å². The van der Waals surface area contributed by atoms with E-state index in [-0.39, 0.29) is 0 Å². The molecule has 1 N–H and O–H groups in total. The predicted molar refractivity (Wildman–Crippen MR) is 144 cm³/mol. The molecule has 3 nitrogen and oxygen atoms in total. The van der Waals surface area contributed by atoms with Crippen molar-refractivity contribution in [1.82, 2.24) is 15.3 Å². The van der Waals surface area contributed by atoms with Crippen LogP contribution in [0.1, 0.15) is 85.0 Å². The van der Waals surface area contributed by atoms with Gasteiger partial charge in [-0.25, -0.2) is 18.7 Å². The SMILES string of the molecule is CCCCC1=C(c2ncc(CNC(CF)CF)cn2)CC(c2ccccc2)C(C)c2cc(C)ccc21. The van der Waals surface area contributed by atoms with Crippen molar-refractivity contribution < 1.29 is 8.78 Å². The van der Waals surface area contributed by atoms with Crippen LogP contribution in [0, 0.1) is 6.92 Å². The lowest BCUT2D eigenvalue weighted by molar-refractivity contribution is 0.306. The molecule has 0 saturated heterocycles. The Morgan fingerprint density at radius 1 is 1.03 bits per heavy atom. The van der Waals surface area contributed by atoms with Gasteiger partial charge in [-0.05, 0) is 60.3 Å². The number of aryl methyl sites for hydroxylation is 1. The first-order valence-electron chi connectivity index (χ1n) is 13.1. The van der Waals surface area contributed by atoms with Crippen LogP contribution in [0.15, 0.2) is 60.9 Å². The Morgan fingerprint density at radius 2 is 1.75 bits per heavy atom. The van der Waals surface area contributed by atoms with E-state index in [4.69, 9.17) is 9.97 Å². The van der Waals surface area contributed by atoms with Gasteiger partial charge in [0.15, 0.2) is 5.82 Å². The van der Waals surface area contributed by atoms with E-state index in [0.29, 0.717) is 18.4 Å². The molecule has 1 aliphatic carbocycles. The van der Waals surface area contributed by atoms with Gasteiger partial charge in [-0.2, -0.15) is 0 Å². The molecule has 1 aromatic heterocycles. The highest BCUT2D eigenvalue weighted by atomic mass is 19.1. The van der Waals surface area contributed by atoms with Crippen LogP contribution in [-0.4, -0.2) is 29.4 Å². The summed E-state index contributed by atoms with van der Waals surface area (Å²) in [6, 6.07) is 16.8. The van der Waals surface area contributed by atoms with Crippen molar-refractivity contribution in [2.75, 3.05) is 13.3 Å². The number of allylic oxidation sites excluding steroid dienone is 2. The molecule has 1 aliphatic rings. The topological polar surface area (TPSA) is 37.8 Å². The van der Waals surface area contributed by atoms with E-state index in [2.05, 4.69) is 74.6 Å². The number of alkyl halides is 2. The number of halogens is 2. The van der Waals surface area contributed by atoms with Gasteiger partial charge in [0.2, 0.25) is 0 Å². The number of unbranched alkanes of at least 4 members (excludes halogenated alkanes) is 1. The average Bonchev–Trinajstić information content (AvgIpc) is 3.03. The number of fused-ring (bicyclic) bond motifs is 1. The minimum atomic E-state index is -0.789. The van der Waals surface area contributed by atoms with E-state index < -0.39 is 19.4 Å². The van der Waals surface area contributed by atoms with Crippen LogP contribution in [0.5, 0.6) is 0 Å². The minimum absolute atomic E-state index is 0.306. The first-order chi connectivity index (χ1) is 17.5. The number of aromatic nitrogens is 2. The van der Waals surface area contributed by atoms with Crippen LogP contribution >= 0.6 is 0 Å². The summed E-state index contributed by atoms with van der Waals surface area (Å²) in [5, 5.41) is 2.89. The summed E-state index contributed by atoms with van der Waals surface area (Å²) < 4.78 is 25.7. The minimum Gasteiger partial charge on any atom is -0.305 e. The third kappa shape index (κ3) is 5.89. The quantitative estimate of drug-likeness (QED) is 0.319. The molecule has 1 heterocycles. The molecule has 2 aromatic carbocycles. The molecule has 36 heavy (non-hydrogen) atoms. The lowest BCUT2D eigenvalue weighted by Gasteiger charge is -2.25. The zero-order chi connectivity index (χ0) is 25.5. The molecule has 0 fully saturated rings. The highest BCUT2D eigenvalue weighted by Gasteiger charge is 2.31. The number of hydrogen-bond donors (Lipinski definition) is 1. The number of nitrogens with one attached hydrogen (secondary N) is 1. The summed E-state index contributed by atoms with van der Waals surface area (Å²) in [5.74, 6) is 1.40. The van der Waals surface area contributed by atoms with Crippen LogP contribution in [0.2, 0.25) is 0 Å².